The number of nitrogens with one attached hydrogen (secondary N) is 1. The molecule has 1 N–H and O–H groups in total. The van der Waals surface area contributed by atoms with Crippen LogP contribution in [0.1, 0.15) is 22.1 Å². The maximum Gasteiger partial charge on any atom is 0.324 e. The lowest BCUT2D eigenvalue weighted by Crippen LogP contribution is -2.36. The molecular formula is C24H21ClN2O4. The normalized spacial score (nSPS) is 17.9. The van der Waals surface area contributed by atoms with Gasteiger partial charge in [-0.25, -0.2) is 4.79 Å². The van der Waals surface area contributed by atoms with E-state index in [1.54, 1.807) is 41.3 Å². The van der Waals surface area contributed by atoms with Gasteiger partial charge in [-0.05, 0) is 48.5 Å². The molecule has 0 bridgehead atoms. The van der Waals surface area contributed by atoms with Gasteiger partial charge < -0.3 is 14.8 Å². The molecule has 1 aliphatic rings. The summed E-state index contributed by atoms with van der Waals surface area (Å²) in [6.45, 7) is 0.623. The summed E-state index contributed by atoms with van der Waals surface area (Å²) in [5.41, 5.74) is 2.11. The van der Waals surface area contributed by atoms with Crippen molar-refractivity contribution < 1.29 is 19.1 Å². The van der Waals surface area contributed by atoms with E-state index in [0.717, 1.165) is 11.8 Å². The summed E-state index contributed by atoms with van der Waals surface area (Å²) in [6, 6.07) is 23.1. The summed E-state index contributed by atoms with van der Waals surface area (Å²) in [7, 11) is 0. The van der Waals surface area contributed by atoms with Crippen molar-refractivity contribution in [1.29, 1.82) is 0 Å². The van der Waals surface area contributed by atoms with Crippen molar-refractivity contribution >= 4 is 29.6 Å². The van der Waals surface area contributed by atoms with Gasteiger partial charge >= 0.3 is 6.03 Å². The highest BCUT2D eigenvalue weighted by molar-refractivity contribution is 6.30. The van der Waals surface area contributed by atoms with Crippen molar-refractivity contribution in [3.63, 3.8) is 0 Å². The lowest BCUT2D eigenvalue weighted by atomic mass is 10.2. The summed E-state index contributed by atoms with van der Waals surface area (Å²) in [5.74, 6) is 0.629. The number of nitrogens with zero attached hydrogens (tertiary/aromatic N) is 1. The summed E-state index contributed by atoms with van der Waals surface area (Å²) in [4.78, 5) is 25.4. The molecule has 6 nitrogen and oxygen atoms in total. The number of ether oxygens (including phenoxy) is 2. The topological polar surface area (TPSA) is 67.9 Å². The van der Waals surface area contributed by atoms with Crippen LogP contribution in [0.15, 0.2) is 78.9 Å². The molecule has 0 radical (unpaired) electrons. The zero-order chi connectivity index (χ0) is 21.6. The highest BCUT2D eigenvalue weighted by atomic mass is 35.5. The van der Waals surface area contributed by atoms with Gasteiger partial charge in [-0.15, -0.1) is 0 Å². The number of anilines is 1. The van der Waals surface area contributed by atoms with Crippen LogP contribution in [-0.4, -0.2) is 36.5 Å². The third kappa shape index (κ3) is 5.23. The van der Waals surface area contributed by atoms with Crippen LogP contribution in [0.25, 0.3) is 0 Å². The average molecular weight is 437 g/mol. The molecule has 0 aliphatic carbocycles. The van der Waals surface area contributed by atoms with Gasteiger partial charge in [0, 0.05) is 21.8 Å². The number of para-hydroxylation sites is 1. The molecule has 1 fully saturated rings. The Morgan fingerprint density at radius 3 is 2.45 bits per heavy atom. The highest BCUT2D eigenvalue weighted by Gasteiger charge is 2.37. The van der Waals surface area contributed by atoms with Crippen molar-refractivity contribution in [2.24, 2.45) is 0 Å². The second-order valence-corrected chi connectivity index (χ2v) is 7.54. The predicted octanol–water partition coefficient (Wildman–Crippen LogP) is 5.16. The molecule has 2 atom stereocenters. The smallest absolute Gasteiger partial charge is 0.324 e. The number of halogens is 1. The molecule has 0 aromatic heterocycles. The Bertz CT molecular complexity index is 1030. The first-order valence-electron chi connectivity index (χ1n) is 9.84. The van der Waals surface area contributed by atoms with Gasteiger partial charge in [0.2, 0.25) is 0 Å². The zero-order valence-corrected chi connectivity index (χ0v) is 17.4. The monoisotopic (exact) mass is 436 g/mol. The molecule has 0 spiro atoms. The minimum absolute atomic E-state index is 0.260. The van der Waals surface area contributed by atoms with Gasteiger partial charge in [0.25, 0.3) is 0 Å². The number of carbonyl (C=O) groups is 2. The first-order valence-corrected chi connectivity index (χ1v) is 10.2. The molecule has 3 aromatic rings. The Labute approximate surface area is 185 Å². The second kappa shape index (κ2) is 9.64. The van der Waals surface area contributed by atoms with E-state index in [1.165, 1.54) is 0 Å². The molecule has 31 heavy (non-hydrogen) atoms. The zero-order valence-electron chi connectivity index (χ0n) is 16.6. The third-order valence-electron chi connectivity index (χ3n) is 4.90. The Kier molecular flexibility index (Phi) is 6.50. The van der Waals surface area contributed by atoms with Crippen LogP contribution in [0.4, 0.5) is 10.5 Å². The molecule has 1 aliphatic heterocycles. The third-order valence-corrected chi connectivity index (χ3v) is 5.15. The summed E-state index contributed by atoms with van der Waals surface area (Å²) in [6.07, 6.45) is -0.107. The van der Waals surface area contributed by atoms with E-state index in [0.29, 0.717) is 28.6 Å². The molecule has 0 saturated carbocycles. The van der Waals surface area contributed by atoms with E-state index in [4.69, 9.17) is 21.1 Å². The second-order valence-electron chi connectivity index (χ2n) is 7.11. The highest BCUT2D eigenvalue weighted by Crippen LogP contribution is 2.32. The fourth-order valence-electron chi connectivity index (χ4n) is 3.33. The van der Waals surface area contributed by atoms with Gasteiger partial charge in [-0.3, -0.25) is 9.69 Å². The molecule has 4 rings (SSSR count). The minimum Gasteiger partial charge on any atom is -0.491 e. The fourth-order valence-corrected chi connectivity index (χ4v) is 3.46. The van der Waals surface area contributed by atoms with Crippen LogP contribution in [0.3, 0.4) is 0 Å². The largest absolute Gasteiger partial charge is 0.491 e. The van der Waals surface area contributed by atoms with Gasteiger partial charge in [-0.1, -0.05) is 41.9 Å². The average Bonchev–Trinajstić information content (AvgIpc) is 3.24. The molecule has 158 valence electrons. The number of carbonyl (C=O) groups excluding carboxylic acids is 2. The molecule has 1 saturated heterocycles. The summed E-state index contributed by atoms with van der Waals surface area (Å²) in [5, 5.41) is 3.52. The van der Waals surface area contributed by atoms with Gasteiger partial charge in [-0.2, -0.15) is 0 Å². The number of amides is 2. The van der Waals surface area contributed by atoms with E-state index in [9.17, 15) is 9.59 Å². The number of hydrogen-bond acceptors (Lipinski definition) is 4. The first kappa shape index (κ1) is 20.9. The van der Waals surface area contributed by atoms with Crippen molar-refractivity contribution in [2.75, 3.05) is 18.5 Å². The molecular weight excluding hydrogens is 416 g/mol. The first-order chi connectivity index (χ1) is 15.1. The van der Waals surface area contributed by atoms with E-state index < -0.39 is 6.23 Å². The van der Waals surface area contributed by atoms with Crippen molar-refractivity contribution in [3.8, 4) is 5.75 Å². The van der Waals surface area contributed by atoms with Crippen molar-refractivity contribution in [3.05, 3.63) is 95.0 Å². The van der Waals surface area contributed by atoms with Gasteiger partial charge in [0.05, 0.1) is 6.54 Å². The van der Waals surface area contributed by atoms with Crippen molar-refractivity contribution in [1.82, 2.24) is 4.90 Å². The van der Waals surface area contributed by atoms with E-state index >= 15 is 0 Å². The predicted molar refractivity (Wildman–Crippen MR) is 119 cm³/mol. The van der Waals surface area contributed by atoms with Gasteiger partial charge in [0.15, 0.2) is 6.23 Å². The lowest BCUT2D eigenvalue weighted by Gasteiger charge is -2.23. The maximum absolute atomic E-state index is 13.0. The molecule has 2 amide bonds. The molecule has 7 heteroatoms. The molecule has 1 heterocycles. The number of benzene rings is 3. The van der Waals surface area contributed by atoms with Crippen LogP contribution < -0.4 is 10.1 Å². The van der Waals surface area contributed by atoms with Crippen LogP contribution in [0.5, 0.6) is 5.75 Å². The minimum atomic E-state index is -0.563. The van der Waals surface area contributed by atoms with Gasteiger partial charge in [0.1, 0.15) is 24.7 Å². The molecule has 3 aromatic carbocycles. The Morgan fingerprint density at radius 1 is 1.06 bits per heavy atom. The Balaban J connectivity index is 1.47. The number of aldehydes is 1. The fraction of sp³-hybridized carbons (Fsp3) is 0.167. The van der Waals surface area contributed by atoms with E-state index in [2.05, 4.69) is 5.32 Å². The Hall–Kier alpha value is -3.35. The SMILES string of the molecule is O=Cc1ccc(OC[C@@H]2CN(C(=O)Nc3ccccc3)[C@H](c3ccc(Cl)cc3)O2)cc1. The Morgan fingerprint density at radius 2 is 1.77 bits per heavy atom. The standard InChI is InChI=1S/C24H21ClN2O4/c25-19-10-8-18(9-11-19)23-27(24(29)26-20-4-2-1-3-5-20)14-22(31-23)16-30-21-12-6-17(15-28)7-13-21/h1-13,15,22-23H,14,16H2,(H,26,29)/t22-,23-/m0/s1. The lowest BCUT2D eigenvalue weighted by molar-refractivity contribution is -0.00516. The molecule has 0 unspecified atom stereocenters. The summed E-state index contributed by atoms with van der Waals surface area (Å²) < 4.78 is 12.0. The number of hydrogen-bond donors (Lipinski definition) is 1. The maximum atomic E-state index is 13.0. The number of rotatable bonds is 6. The van der Waals surface area contributed by atoms with Crippen LogP contribution in [0.2, 0.25) is 5.02 Å². The van der Waals surface area contributed by atoms with E-state index in [-0.39, 0.29) is 18.7 Å². The van der Waals surface area contributed by atoms with Crippen LogP contribution in [0, 0.1) is 0 Å². The quantitative estimate of drug-likeness (QED) is 0.542. The van der Waals surface area contributed by atoms with E-state index in [1.807, 2.05) is 42.5 Å². The van der Waals surface area contributed by atoms with Crippen molar-refractivity contribution in [2.45, 2.75) is 12.3 Å². The summed E-state index contributed by atoms with van der Waals surface area (Å²) >= 11 is 6.02. The van der Waals surface area contributed by atoms with Crippen LogP contribution in [-0.2, 0) is 4.74 Å². The van der Waals surface area contributed by atoms with Crippen LogP contribution >= 0.6 is 11.6 Å². The number of urea groups is 1.